The van der Waals surface area contributed by atoms with Crippen molar-refractivity contribution in [3.63, 3.8) is 0 Å². The lowest BCUT2D eigenvalue weighted by Gasteiger charge is -2.21. The van der Waals surface area contributed by atoms with E-state index in [0.717, 1.165) is 107 Å². The van der Waals surface area contributed by atoms with E-state index in [1.54, 1.807) is 5.06 Å². The Bertz CT molecular complexity index is 3080. The molecule has 6 aromatic rings. The molecule has 80 heavy (non-hydrogen) atoms. The van der Waals surface area contributed by atoms with Crippen LogP contribution in [0.3, 0.4) is 0 Å². The van der Waals surface area contributed by atoms with Crippen LogP contribution in [0.25, 0.3) is 0 Å². The van der Waals surface area contributed by atoms with E-state index in [1.807, 2.05) is 60.7 Å². The van der Waals surface area contributed by atoms with Crippen molar-refractivity contribution in [2.75, 3.05) is 72.6 Å². The van der Waals surface area contributed by atoms with Crippen LogP contribution in [0.1, 0.15) is 141 Å². The Morgan fingerprint density at radius 1 is 0.362 bits per heavy atom. The van der Waals surface area contributed by atoms with E-state index in [0.29, 0.717) is 113 Å². The topological polar surface area (TPSA) is 75.7 Å². The predicted molar refractivity (Wildman–Crippen MR) is 320 cm³/mol. The molecule has 0 bridgehead atoms. The van der Waals surface area contributed by atoms with Gasteiger partial charge in [0.1, 0.15) is 0 Å². The molecule has 0 saturated carbocycles. The Kier molecular flexibility index (Phi) is 25.1. The molecule has 7 rings (SSSR count). The van der Waals surface area contributed by atoms with Crippen molar-refractivity contribution in [3.8, 4) is 65.0 Å². The highest BCUT2D eigenvalue weighted by atomic mass is 16.7. The highest BCUT2D eigenvalue weighted by Crippen LogP contribution is 2.34. The van der Waals surface area contributed by atoms with Gasteiger partial charge in [-0.25, -0.2) is 0 Å². The maximum atomic E-state index is 12.9. The van der Waals surface area contributed by atoms with Crippen molar-refractivity contribution >= 4 is 5.97 Å². The Balaban J connectivity index is 1.14. The number of hydroxylamine groups is 2. The molecule has 1 saturated heterocycles. The van der Waals surface area contributed by atoms with Crippen molar-refractivity contribution in [1.29, 1.82) is 0 Å². The van der Waals surface area contributed by atoms with Crippen LogP contribution in [-0.2, 0) is 28.6 Å². The third-order valence-electron chi connectivity index (χ3n) is 13.2. The molecule has 0 amide bonds. The average Bonchev–Trinajstić information content (AvgIpc) is 3.49. The lowest BCUT2D eigenvalue weighted by molar-refractivity contribution is -0.196. The van der Waals surface area contributed by atoms with Crippen LogP contribution in [0.5, 0.6) is 5.75 Å². The molecule has 0 spiro atoms. The summed E-state index contributed by atoms with van der Waals surface area (Å²) in [6, 6.07) is 41.1. The Hall–Kier alpha value is -7.81. The number of rotatable bonds is 13. The molecule has 0 atom stereocenters. The van der Waals surface area contributed by atoms with Gasteiger partial charge in [-0.05, 0) is 108 Å². The van der Waals surface area contributed by atoms with Gasteiger partial charge in [-0.3, -0.25) is 4.79 Å². The fraction of sp³-hybridized carbons (Fsp3) is 0.347. The molecule has 0 N–H and O–H groups in total. The van der Waals surface area contributed by atoms with Crippen LogP contribution in [0.2, 0.25) is 0 Å². The Labute approximate surface area is 476 Å². The fourth-order valence-corrected chi connectivity index (χ4v) is 8.44. The molecule has 0 aromatic heterocycles. The predicted octanol–water partition coefficient (Wildman–Crippen LogP) is 13.0. The fourth-order valence-electron chi connectivity index (χ4n) is 8.44. The molecule has 1 aliphatic rings. The smallest absolute Gasteiger partial charge is 0.325 e. The summed E-state index contributed by atoms with van der Waals surface area (Å²) in [6.45, 7) is 15.6. The summed E-state index contributed by atoms with van der Waals surface area (Å²) in [5.74, 6) is 35.6. The Morgan fingerprint density at radius 2 is 0.637 bits per heavy atom. The minimum Gasteiger partial charge on any atom is -0.491 e. The number of hydrogen-bond acceptors (Lipinski definition) is 8. The van der Waals surface area contributed by atoms with E-state index in [-0.39, 0.29) is 5.97 Å². The van der Waals surface area contributed by atoms with Gasteiger partial charge < -0.3 is 28.5 Å². The van der Waals surface area contributed by atoms with Crippen LogP contribution in [0.15, 0.2) is 121 Å². The summed E-state index contributed by atoms with van der Waals surface area (Å²) < 4.78 is 29.5. The number of ether oxygens (including phenoxy) is 5. The van der Waals surface area contributed by atoms with Crippen molar-refractivity contribution < 1.29 is 33.3 Å². The molecule has 1 fully saturated rings. The van der Waals surface area contributed by atoms with Gasteiger partial charge in [0, 0.05) is 34.2 Å². The molecule has 0 unspecified atom stereocenters. The summed E-state index contributed by atoms with van der Waals surface area (Å²) in [7, 11) is 0. The molecule has 0 radical (unpaired) electrons. The number of hydrogen-bond donors (Lipinski definition) is 0. The lowest BCUT2D eigenvalue weighted by Crippen LogP contribution is -2.34. The van der Waals surface area contributed by atoms with Gasteiger partial charge in [0.15, 0.2) is 5.75 Å². The van der Waals surface area contributed by atoms with Crippen LogP contribution in [0.4, 0.5) is 0 Å². The number of carbonyl (C=O) groups is 1. The van der Waals surface area contributed by atoms with Gasteiger partial charge in [-0.15, -0.1) is 5.06 Å². The van der Waals surface area contributed by atoms with Crippen LogP contribution < -0.4 is 4.74 Å². The van der Waals surface area contributed by atoms with Gasteiger partial charge in [-0.1, -0.05) is 186 Å². The Morgan fingerprint density at radius 3 is 0.975 bits per heavy atom. The van der Waals surface area contributed by atoms with Crippen molar-refractivity contribution in [3.05, 3.63) is 205 Å². The van der Waals surface area contributed by atoms with E-state index in [9.17, 15) is 4.79 Å². The van der Waals surface area contributed by atoms with Crippen molar-refractivity contribution in [2.45, 2.75) is 92.4 Å². The maximum Gasteiger partial charge on any atom is 0.325 e. The molecular formula is C72H75NO7. The zero-order valence-electron chi connectivity index (χ0n) is 47.5. The van der Waals surface area contributed by atoms with Gasteiger partial charge in [-0.2, -0.15) is 0 Å². The van der Waals surface area contributed by atoms with E-state index >= 15 is 0 Å². The van der Waals surface area contributed by atoms with E-state index in [2.05, 4.69) is 154 Å². The zero-order valence-corrected chi connectivity index (χ0v) is 47.5. The molecular weight excluding hydrogens is 991 g/mol. The third-order valence-corrected chi connectivity index (χ3v) is 13.2. The second kappa shape index (κ2) is 33.6. The highest BCUT2D eigenvalue weighted by Gasteiger charge is 2.23. The molecule has 8 nitrogen and oxygen atoms in total. The first kappa shape index (κ1) is 59.8. The number of unbranched alkanes of at least 4 members (excludes halogenated alkanes) is 7. The van der Waals surface area contributed by atoms with Crippen molar-refractivity contribution in [1.82, 2.24) is 5.06 Å². The second-order valence-corrected chi connectivity index (χ2v) is 20.1. The molecule has 1 aliphatic heterocycles. The monoisotopic (exact) mass is 1070 g/mol. The molecule has 410 valence electrons. The SMILES string of the molecule is Cc1ccc(C#Cc2c(C#Cc3ccc(C)cc3)c(C#Cc3ccc(C)cc3)c(OCCCCCCCCCCC(=O)ON3CCOCCOCCOCCOCC3)c(C#Cc3ccc(C)cc3)c2C#Cc2ccc(C)cc2)cc1. The molecule has 6 aromatic carbocycles. The van der Waals surface area contributed by atoms with E-state index in [4.69, 9.17) is 28.5 Å². The van der Waals surface area contributed by atoms with Crippen LogP contribution in [0, 0.1) is 93.8 Å². The quantitative estimate of drug-likeness (QED) is 0.0836. The minimum atomic E-state index is -0.233. The summed E-state index contributed by atoms with van der Waals surface area (Å²) in [5.41, 5.74) is 13.2. The average molecular weight is 1070 g/mol. The van der Waals surface area contributed by atoms with Crippen LogP contribution in [-0.4, -0.2) is 83.6 Å². The van der Waals surface area contributed by atoms with Gasteiger partial charge in [0.05, 0.1) is 100 Å². The summed E-state index contributed by atoms with van der Waals surface area (Å²) in [4.78, 5) is 18.6. The third kappa shape index (κ3) is 21.1. The first-order valence-electron chi connectivity index (χ1n) is 28.2. The number of carbonyl (C=O) groups excluding carboxylic acids is 1. The maximum absolute atomic E-state index is 12.9. The number of benzene rings is 6. The largest absolute Gasteiger partial charge is 0.491 e. The molecule has 0 aliphatic carbocycles. The summed E-state index contributed by atoms with van der Waals surface area (Å²) in [5, 5.41) is 1.64. The summed E-state index contributed by atoms with van der Waals surface area (Å²) in [6.07, 6.45) is 8.16. The summed E-state index contributed by atoms with van der Waals surface area (Å²) >= 11 is 0. The lowest BCUT2D eigenvalue weighted by atomic mass is 9.89. The van der Waals surface area contributed by atoms with Gasteiger partial charge in [0.2, 0.25) is 0 Å². The van der Waals surface area contributed by atoms with Crippen molar-refractivity contribution in [2.24, 2.45) is 0 Å². The van der Waals surface area contributed by atoms with Gasteiger partial charge in [0.25, 0.3) is 0 Å². The van der Waals surface area contributed by atoms with E-state index in [1.165, 1.54) is 0 Å². The first-order chi connectivity index (χ1) is 39.2. The van der Waals surface area contributed by atoms with Gasteiger partial charge >= 0.3 is 5.97 Å². The zero-order chi connectivity index (χ0) is 56.0. The highest BCUT2D eigenvalue weighted by molar-refractivity contribution is 5.78. The molecule has 8 heteroatoms. The number of nitrogens with zero attached hydrogens (tertiary/aromatic N) is 1. The normalized spacial score (nSPS) is 13.1. The van der Waals surface area contributed by atoms with E-state index < -0.39 is 0 Å². The minimum absolute atomic E-state index is 0.233. The second-order valence-electron chi connectivity index (χ2n) is 20.1. The number of aryl methyl sites for hydroxylation is 5. The van der Waals surface area contributed by atoms with Crippen LogP contribution >= 0.6 is 0 Å². The first-order valence-corrected chi connectivity index (χ1v) is 28.2. The molecule has 1 heterocycles. The standard InChI is InChI=1S/C72H75NO7/c1-56-15-25-61(26-16-56)35-40-66-67(41-36-62-27-17-57(2)18-28-62)69(43-38-64-31-21-59(4)22-32-64)72(70(44-39-65-33-23-60(5)24-34-65)68(66)42-37-63-29-19-58(3)20-30-63)79-47-13-11-9-7-6-8-10-12-14-71(74)80-73-45-48-75-50-52-77-54-55-78-53-51-76-49-46-73/h15-34H,6-14,45-55H2,1-5H3.